The van der Waals surface area contributed by atoms with Crippen LogP contribution >= 0.6 is 0 Å². The van der Waals surface area contributed by atoms with Crippen LogP contribution in [-0.2, 0) is 4.79 Å². The average Bonchev–Trinajstić information content (AvgIpc) is 2.99. The molecule has 1 aromatic heterocycles. The van der Waals surface area contributed by atoms with E-state index >= 15 is 0 Å². The number of hydrogen-bond donors (Lipinski definition) is 1. The van der Waals surface area contributed by atoms with Crippen LogP contribution in [0, 0.1) is 13.8 Å². The number of carbonyl (C=O) groups excluding carboxylic acids is 1. The highest BCUT2D eigenvalue weighted by atomic mass is 16.5. The standard InChI is InChI=1S/C19H22N4O2/c1-5-25-16-8-6-15(7-9-16)20-19(24)14(4)23-18-11-13(3)12(2)10-17(18)21-22-23/h6-11,14H,5H2,1-4H3,(H,20,24). The van der Waals surface area contributed by atoms with Crippen molar-refractivity contribution >= 4 is 22.6 Å². The number of nitrogens with one attached hydrogen (secondary N) is 1. The Kier molecular flexibility index (Phi) is 4.70. The number of fused-ring (bicyclic) bond motifs is 1. The molecule has 0 saturated carbocycles. The van der Waals surface area contributed by atoms with Crippen LogP contribution in [-0.4, -0.2) is 27.5 Å². The molecule has 2 aromatic carbocycles. The summed E-state index contributed by atoms with van der Waals surface area (Å²) in [6, 6.07) is 10.8. The number of carbonyl (C=O) groups is 1. The second-order valence-corrected chi connectivity index (χ2v) is 6.08. The minimum atomic E-state index is -0.473. The highest BCUT2D eigenvalue weighted by Crippen LogP contribution is 2.22. The molecule has 1 atom stereocenters. The first-order valence-electron chi connectivity index (χ1n) is 8.35. The fourth-order valence-electron chi connectivity index (χ4n) is 2.64. The molecule has 0 radical (unpaired) electrons. The average molecular weight is 338 g/mol. The Labute approximate surface area is 146 Å². The minimum absolute atomic E-state index is 0.144. The molecule has 0 fully saturated rings. The van der Waals surface area contributed by atoms with Crippen molar-refractivity contribution in [2.45, 2.75) is 33.7 Å². The molecule has 0 aliphatic carbocycles. The SMILES string of the molecule is CCOc1ccc(NC(=O)C(C)n2nnc3cc(C)c(C)cc32)cc1. The number of aryl methyl sites for hydroxylation is 2. The molecule has 0 aliphatic rings. The normalized spacial score (nSPS) is 12.2. The summed E-state index contributed by atoms with van der Waals surface area (Å²) in [6.07, 6.45) is 0. The van der Waals surface area contributed by atoms with Gasteiger partial charge in [0, 0.05) is 5.69 Å². The van der Waals surface area contributed by atoms with Gasteiger partial charge in [0.1, 0.15) is 17.3 Å². The van der Waals surface area contributed by atoms with Gasteiger partial charge in [-0.3, -0.25) is 4.79 Å². The number of nitrogens with zero attached hydrogens (tertiary/aromatic N) is 3. The van der Waals surface area contributed by atoms with Gasteiger partial charge in [-0.2, -0.15) is 0 Å². The van der Waals surface area contributed by atoms with Gasteiger partial charge in [0.15, 0.2) is 0 Å². The molecule has 1 N–H and O–H groups in total. The summed E-state index contributed by atoms with van der Waals surface area (Å²) in [5.41, 5.74) is 4.68. The van der Waals surface area contributed by atoms with Crippen LogP contribution < -0.4 is 10.1 Å². The van der Waals surface area contributed by atoms with E-state index in [4.69, 9.17) is 4.74 Å². The fraction of sp³-hybridized carbons (Fsp3) is 0.316. The molecule has 1 heterocycles. The van der Waals surface area contributed by atoms with E-state index in [1.54, 1.807) is 4.68 Å². The Morgan fingerprint density at radius 1 is 1.20 bits per heavy atom. The highest BCUT2D eigenvalue weighted by Gasteiger charge is 2.19. The second-order valence-electron chi connectivity index (χ2n) is 6.08. The van der Waals surface area contributed by atoms with Crippen molar-refractivity contribution in [3.05, 3.63) is 47.5 Å². The second kappa shape index (κ2) is 6.93. The van der Waals surface area contributed by atoms with Crippen LogP contribution in [0.2, 0.25) is 0 Å². The van der Waals surface area contributed by atoms with E-state index in [9.17, 15) is 4.79 Å². The largest absolute Gasteiger partial charge is 0.494 e. The quantitative estimate of drug-likeness (QED) is 0.771. The minimum Gasteiger partial charge on any atom is -0.494 e. The molecule has 0 spiro atoms. The lowest BCUT2D eigenvalue weighted by atomic mass is 10.1. The molecule has 0 aliphatic heterocycles. The van der Waals surface area contributed by atoms with Gasteiger partial charge in [-0.15, -0.1) is 5.10 Å². The maximum Gasteiger partial charge on any atom is 0.249 e. The van der Waals surface area contributed by atoms with Crippen LogP contribution in [0.1, 0.15) is 31.0 Å². The van der Waals surface area contributed by atoms with E-state index in [-0.39, 0.29) is 5.91 Å². The van der Waals surface area contributed by atoms with E-state index in [1.165, 1.54) is 0 Å². The van der Waals surface area contributed by atoms with Crippen LogP contribution in [0.25, 0.3) is 11.0 Å². The molecule has 130 valence electrons. The molecule has 1 amide bonds. The molecule has 3 aromatic rings. The van der Waals surface area contributed by atoms with Gasteiger partial charge in [-0.1, -0.05) is 5.21 Å². The van der Waals surface area contributed by atoms with E-state index < -0.39 is 6.04 Å². The third-order valence-corrected chi connectivity index (χ3v) is 4.27. The van der Waals surface area contributed by atoms with Crippen molar-refractivity contribution in [2.24, 2.45) is 0 Å². The van der Waals surface area contributed by atoms with E-state index in [0.29, 0.717) is 6.61 Å². The van der Waals surface area contributed by atoms with E-state index in [2.05, 4.69) is 15.6 Å². The fourth-order valence-corrected chi connectivity index (χ4v) is 2.64. The van der Waals surface area contributed by atoms with Crippen molar-refractivity contribution in [3.63, 3.8) is 0 Å². The number of rotatable bonds is 5. The van der Waals surface area contributed by atoms with Gasteiger partial charge >= 0.3 is 0 Å². The summed E-state index contributed by atoms with van der Waals surface area (Å²) in [7, 11) is 0. The first-order valence-corrected chi connectivity index (χ1v) is 8.35. The summed E-state index contributed by atoms with van der Waals surface area (Å²) >= 11 is 0. The number of aromatic nitrogens is 3. The zero-order valence-electron chi connectivity index (χ0n) is 14.9. The number of ether oxygens (including phenoxy) is 1. The van der Waals surface area contributed by atoms with Gasteiger partial charge in [0.2, 0.25) is 5.91 Å². The van der Waals surface area contributed by atoms with Gasteiger partial charge in [0.05, 0.1) is 12.1 Å². The van der Waals surface area contributed by atoms with Crippen LogP contribution in [0.3, 0.4) is 0 Å². The van der Waals surface area contributed by atoms with Crippen LogP contribution in [0.15, 0.2) is 36.4 Å². The van der Waals surface area contributed by atoms with Crippen LogP contribution in [0.4, 0.5) is 5.69 Å². The highest BCUT2D eigenvalue weighted by molar-refractivity contribution is 5.94. The number of amides is 1. The smallest absolute Gasteiger partial charge is 0.249 e. The number of benzene rings is 2. The van der Waals surface area contributed by atoms with Crippen LogP contribution in [0.5, 0.6) is 5.75 Å². The lowest BCUT2D eigenvalue weighted by Gasteiger charge is -2.14. The number of anilines is 1. The predicted molar refractivity (Wildman–Crippen MR) is 98.0 cm³/mol. The van der Waals surface area contributed by atoms with E-state index in [0.717, 1.165) is 33.6 Å². The first-order chi connectivity index (χ1) is 12.0. The topological polar surface area (TPSA) is 69.0 Å². The Morgan fingerprint density at radius 3 is 2.56 bits per heavy atom. The zero-order valence-corrected chi connectivity index (χ0v) is 14.9. The third kappa shape index (κ3) is 3.47. The monoisotopic (exact) mass is 338 g/mol. The summed E-state index contributed by atoms with van der Waals surface area (Å²) in [5.74, 6) is 0.635. The first kappa shape index (κ1) is 17.0. The van der Waals surface area contributed by atoms with Crippen molar-refractivity contribution < 1.29 is 9.53 Å². The van der Waals surface area contributed by atoms with Crippen molar-refractivity contribution in [1.29, 1.82) is 0 Å². The zero-order chi connectivity index (χ0) is 18.0. The Bertz CT molecular complexity index is 900. The summed E-state index contributed by atoms with van der Waals surface area (Å²) in [6.45, 7) is 8.43. The molecule has 0 bridgehead atoms. The Hall–Kier alpha value is -2.89. The van der Waals surface area contributed by atoms with Gasteiger partial charge in [-0.05, 0) is 75.2 Å². The van der Waals surface area contributed by atoms with Crippen molar-refractivity contribution in [2.75, 3.05) is 11.9 Å². The van der Waals surface area contributed by atoms with Crippen molar-refractivity contribution in [3.8, 4) is 5.75 Å². The maximum atomic E-state index is 12.6. The lowest BCUT2D eigenvalue weighted by molar-refractivity contribution is -0.119. The summed E-state index contributed by atoms with van der Waals surface area (Å²) < 4.78 is 7.06. The summed E-state index contributed by atoms with van der Waals surface area (Å²) in [4.78, 5) is 12.6. The molecule has 0 saturated heterocycles. The molecule has 1 unspecified atom stereocenters. The number of hydrogen-bond acceptors (Lipinski definition) is 4. The molecule has 3 rings (SSSR count). The Balaban J connectivity index is 1.79. The van der Waals surface area contributed by atoms with E-state index in [1.807, 2.05) is 64.1 Å². The summed E-state index contributed by atoms with van der Waals surface area (Å²) in [5, 5.41) is 11.3. The van der Waals surface area contributed by atoms with Gasteiger partial charge in [0.25, 0.3) is 0 Å². The maximum absolute atomic E-state index is 12.6. The lowest BCUT2D eigenvalue weighted by Crippen LogP contribution is -2.24. The third-order valence-electron chi connectivity index (χ3n) is 4.27. The van der Waals surface area contributed by atoms with Gasteiger partial charge in [-0.25, -0.2) is 4.68 Å². The van der Waals surface area contributed by atoms with Crippen molar-refractivity contribution in [1.82, 2.24) is 15.0 Å². The predicted octanol–water partition coefficient (Wildman–Crippen LogP) is 3.65. The molecular weight excluding hydrogens is 316 g/mol. The Morgan fingerprint density at radius 2 is 1.88 bits per heavy atom. The van der Waals surface area contributed by atoms with Gasteiger partial charge < -0.3 is 10.1 Å². The molecular formula is C19H22N4O2. The molecule has 6 heteroatoms. The molecule has 6 nitrogen and oxygen atoms in total. The molecule has 25 heavy (non-hydrogen) atoms.